The van der Waals surface area contributed by atoms with Gasteiger partial charge in [0.2, 0.25) is 10.0 Å². The van der Waals surface area contributed by atoms with Crippen LogP contribution in [0.15, 0.2) is 76.5 Å². The normalized spacial score (nSPS) is 12.8. The summed E-state index contributed by atoms with van der Waals surface area (Å²) in [6.07, 6.45) is -4.69. The Bertz CT molecular complexity index is 1240. The topological polar surface area (TPSA) is 92.3 Å². The lowest BCUT2D eigenvalue weighted by molar-refractivity contribution is -0.121. The van der Waals surface area contributed by atoms with Gasteiger partial charge in [0, 0.05) is 5.69 Å². The minimum absolute atomic E-state index is 0.0136. The van der Waals surface area contributed by atoms with Crippen LogP contribution >= 0.6 is 0 Å². The molecule has 2 N–H and O–H groups in total. The molecule has 0 saturated carbocycles. The van der Waals surface area contributed by atoms with E-state index < -0.39 is 37.7 Å². The zero-order chi connectivity index (χ0) is 21.3. The summed E-state index contributed by atoms with van der Waals surface area (Å²) in [5, 5.41) is 1.60. The molecule has 0 aromatic heterocycles. The molecule has 154 valence electrons. The van der Waals surface area contributed by atoms with Crippen LogP contribution < -0.4 is 9.44 Å². The average Bonchev–Trinajstić information content (AvgIpc) is 2.66. The lowest BCUT2D eigenvalue weighted by Gasteiger charge is -2.11. The van der Waals surface area contributed by atoms with E-state index in [9.17, 15) is 30.0 Å². The standard InChI is InChI=1S/C18H15F3N2O4S2/c19-18(20,21)12-22-28(24,25)16-9-6-15(7-10-16)23-29(26,27)17-8-5-13-3-1-2-4-14(13)11-17/h1-11,22-23H,12H2. The molecule has 0 unspecified atom stereocenters. The summed E-state index contributed by atoms with van der Waals surface area (Å²) in [6.45, 7) is -1.70. The number of benzene rings is 3. The molecule has 0 amide bonds. The molecule has 3 aromatic rings. The van der Waals surface area contributed by atoms with E-state index in [1.165, 1.54) is 16.9 Å². The van der Waals surface area contributed by atoms with Crippen molar-refractivity contribution in [2.45, 2.75) is 16.0 Å². The first-order valence-electron chi connectivity index (χ1n) is 8.14. The summed E-state index contributed by atoms with van der Waals surface area (Å²) in [4.78, 5) is -0.407. The Morgan fingerprint density at radius 2 is 1.31 bits per heavy atom. The molecule has 0 saturated heterocycles. The molecule has 0 radical (unpaired) electrons. The molecule has 0 bridgehead atoms. The third-order valence-corrected chi connectivity index (χ3v) is 6.71. The van der Waals surface area contributed by atoms with Crippen LogP contribution in [-0.4, -0.2) is 29.6 Å². The van der Waals surface area contributed by atoms with Crippen LogP contribution in [0, 0.1) is 0 Å². The van der Waals surface area contributed by atoms with Crippen LogP contribution in [0.3, 0.4) is 0 Å². The molecule has 0 heterocycles. The smallest absolute Gasteiger partial charge is 0.280 e. The highest BCUT2D eigenvalue weighted by molar-refractivity contribution is 7.92. The molecule has 0 aliphatic carbocycles. The Kier molecular flexibility index (Phi) is 5.57. The van der Waals surface area contributed by atoms with Crippen molar-refractivity contribution in [1.82, 2.24) is 4.72 Å². The number of anilines is 1. The van der Waals surface area contributed by atoms with Crippen LogP contribution in [0.1, 0.15) is 0 Å². The predicted octanol–water partition coefficient (Wildman–Crippen LogP) is 3.48. The minimum Gasteiger partial charge on any atom is -0.280 e. The molecule has 0 fully saturated rings. The zero-order valence-corrected chi connectivity index (χ0v) is 16.3. The molecule has 3 rings (SSSR count). The first-order chi connectivity index (χ1) is 13.5. The number of hydrogen-bond acceptors (Lipinski definition) is 4. The number of rotatable bonds is 6. The van der Waals surface area contributed by atoms with Gasteiger partial charge in [0.05, 0.1) is 9.79 Å². The lowest BCUT2D eigenvalue weighted by Crippen LogP contribution is -2.33. The highest BCUT2D eigenvalue weighted by atomic mass is 32.2. The van der Waals surface area contributed by atoms with Crippen molar-refractivity contribution in [3.05, 3.63) is 66.7 Å². The quantitative estimate of drug-likeness (QED) is 0.609. The van der Waals surface area contributed by atoms with Crippen LogP contribution in [0.5, 0.6) is 0 Å². The van der Waals surface area contributed by atoms with Gasteiger partial charge in [-0.1, -0.05) is 30.3 Å². The fourth-order valence-electron chi connectivity index (χ4n) is 2.51. The van der Waals surface area contributed by atoms with Crippen molar-refractivity contribution in [1.29, 1.82) is 0 Å². The third kappa shape index (κ3) is 5.25. The second-order valence-electron chi connectivity index (χ2n) is 6.08. The van der Waals surface area contributed by atoms with Crippen molar-refractivity contribution < 1.29 is 30.0 Å². The molecular formula is C18H15F3N2O4S2. The van der Waals surface area contributed by atoms with Crippen molar-refractivity contribution in [2.24, 2.45) is 0 Å². The molecule has 29 heavy (non-hydrogen) atoms. The van der Waals surface area contributed by atoms with Crippen molar-refractivity contribution in [3.8, 4) is 0 Å². The largest absolute Gasteiger partial charge is 0.402 e. The molecule has 0 spiro atoms. The Labute approximate surface area is 165 Å². The molecule has 0 aliphatic heterocycles. The van der Waals surface area contributed by atoms with Crippen LogP contribution in [-0.2, 0) is 20.0 Å². The fourth-order valence-corrected chi connectivity index (χ4v) is 4.62. The molecule has 0 atom stereocenters. The molecule has 6 nitrogen and oxygen atoms in total. The van der Waals surface area contributed by atoms with Crippen LogP contribution in [0.25, 0.3) is 10.8 Å². The SMILES string of the molecule is O=S(=O)(NCC(F)(F)F)c1ccc(NS(=O)(=O)c2ccc3ccccc3c2)cc1. The van der Waals surface area contributed by atoms with Gasteiger partial charge in [0.25, 0.3) is 10.0 Å². The second-order valence-corrected chi connectivity index (χ2v) is 9.53. The van der Waals surface area contributed by atoms with E-state index in [-0.39, 0.29) is 10.6 Å². The average molecular weight is 444 g/mol. The lowest BCUT2D eigenvalue weighted by atomic mass is 10.1. The minimum atomic E-state index is -4.69. The zero-order valence-electron chi connectivity index (χ0n) is 14.6. The molecular weight excluding hydrogens is 429 g/mol. The number of sulfonamides is 2. The molecule has 3 aromatic carbocycles. The van der Waals surface area contributed by atoms with Gasteiger partial charge >= 0.3 is 6.18 Å². The van der Waals surface area contributed by atoms with Crippen LogP contribution in [0.2, 0.25) is 0 Å². The van der Waals surface area contributed by atoms with E-state index in [1.54, 1.807) is 18.2 Å². The molecule has 11 heteroatoms. The third-order valence-electron chi connectivity index (χ3n) is 3.91. The maximum Gasteiger partial charge on any atom is 0.402 e. The highest BCUT2D eigenvalue weighted by Gasteiger charge is 2.30. The second kappa shape index (κ2) is 7.65. The Hall–Kier alpha value is -2.63. The van der Waals surface area contributed by atoms with Gasteiger partial charge in [0.1, 0.15) is 6.54 Å². The number of alkyl halides is 3. The van der Waals surface area contributed by atoms with Crippen molar-refractivity contribution in [3.63, 3.8) is 0 Å². The number of fused-ring (bicyclic) bond motifs is 1. The Morgan fingerprint density at radius 1 is 0.724 bits per heavy atom. The number of halogens is 3. The van der Waals surface area contributed by atoms with Gasteiger partial charge in [-0.2, -0.15) is 13.2 Å². The highest BCUT2D eigenvalue weighted by Crippen LogP contribution is 2.22. The number of hydrogen-bond donors (Lipinski definition) is 2. The summed E-state index contributed by atoms with van der Waals surface area (Å²) in [5.74, 6) is 0. The van der Waals surface area contributed by atoms with Gasteiger partial charge < -0.3 is 0 Å². The predicted molar refractivity (Wildman–Crippen MR) is 102 cm³/mol. The summed E-state index contributed by atoms with van der Waals surface area (Å²) in [6, 6.07) is 16.1. The van der Waals surface area contributed by atoms with Crippen molar-refractivity contribution in [2.75, 3.05) is 11.3 Å². The van der Waals surface area contributed by atoms with Crippen molar-refractivity contribution >= 4 is 36.5 Å². The first-order valence-corrected chi connectivity index (χ1v) is 11.1. The fraction of sp³-hybridized carbons (Fsp3) is 0.111. The van der Waals surface area contributed by atoms with E-state index in [4.69, 9.17) is 0 Å². The first kappa shape index (κ1) is 21.1. The summed E-state index contributed by atoms with van der Waals surface area (Å²) in [7, 11) is -8.32. The van der Waals surface area contributed by atoms with Gasteiger partial charge in [-0.3, -0.25) is 4.72 Å². The Morgan fingerprint density at radius 3 is 1.93 bits per heavy atom. The maximum absolute atomic E-state index is 12.6. The summed E-state index contributed by atoms with van der Waals surface area (Å²) in [5.41, 5.74) is 0.0629. The Balaban J connectivity index is 1.79. The molecule has 0 aliphatic rings. The summed E-state index contributed by atoms with van der Waals surface area (Å²) >= 11 is 0. The van der Waals surface area contributed by atoms with Gasteiger partial charge in [0.15, 0.2) is 0 Å². The van der Waals surface area contributed by atoms with E-state index >= 15 is 0 Å². The maximum atomic E-state index is 12.6. The van der Waals surface area contributed by atoms with E-state index in [0.717, 1.165) is 35.0 Å². The van der Waals surface area contributed by atoms with E-state index in [2.05, 4.69) is 4.72 Å². The van der Waals surface area contributed by atoms with Crippen LogP contribution in [0.4, 0.5) is 18.9 Å². The van der Waals surface area contributed by atoms with Gasteiger partial charge in [-0.15, -0.1) is 0 Å². The van der Waals surface area contributed by atoms with Gasteiger partial charge in [-0.05, 0) is 47.2 Å². The van der Waals surface area contributed by atoms with E-state index in [1.807, 2.05) is 12.1 Å². The summed E-state index contributed by atoms with van der Waals surface area (Å²) < 4.78 is 89.3. The van der Waals surface area contributed by atoms with Gasteiger partial charge in [-0.25, -0.2) is 21.6 Å². The van der Waals surface area contributed by atoms with E-state index in [0.29, 0.717) is 0 Å². The monoisotopic (exact) mass is 444 g/mol. The number of nitrogens with one attached hydrogen (secondary N) is 2.